The number of halogens is 2. The summed E-state index contributed by atoms with van der Waals surface area (Å²) in [6.07, 6.45) is 11.4. The average Bonchev–Trinajstić information content (AvgIpc) is 2.74. The molecule has 156 valence electrons. The minimum atomic E-state index is -0.993. The van der Waals surface area contributed by atoms with Crippen molar-refractivity contribution in [3.05, 3.63) is 36.4 Å². The summed E-state index contributed by atoms with van der Waals surface area (Å²) in [5.41, 5.74) is 0. The molecule has 1 heterocycles. The fourth-order valence-electron chi connectivity index (χ4n) is 4.55. The van der Waals surface area contributed by atoms with Crippen molar-refractivity contribution in [3.63, 3.8) is 0 Å². The van der Waals surface area contributed by atoms with Crippen LogP contribution in [0.5, 0.6) is 11.5 Å². The van der Waals surface area contributed by atoms with E-state index in [1.54, 1.807) is 0 Å². The van der Waals surface area contributed by atoms with Crippen LogP contribution in [-0.4, -0.2) is 26.4 Å². The van der Waals surface area contributed by atoms with Crippen LogP contribution in [-0.2, 0) is 4.74 Å². The van der Waals surface area contributed by atoms with Gasteiger partial charge in [-0.15, -0.1) is 6.58 Å². The lowest BCUT2D eigenvalue weighted by molar-refractivity contribution is -0.0421. The Kier molecular flexibility index (Phi) is 7.72. The summed E-state index contributed by atoms with van der Waals surface area (Å²) in [4.78, 5) is 0. The maximum atomic E-state index is 14.0. The molecule has 1 aliphatic carbocycles. The Balaban J connectivity index is 1.40. The third kappa shape index (κ3) is 5.25. The Morgan fingerprint density at radius 3 is 2.36 bits per heavy atom. The van der Waals surface area contributed by atoms with Crippen molar-refractivity contribution in [2.24, 2.45) is 17.8 Å². The van der Waals surface area contributed by atoms with Crippen LogP contribution in [0, 0.1) is 29.4 Å². The third-order valence-corrected chi connectivity index (χ3v) is 6.36. The van der Waals surface area contributed by atoms with Gasteiger partial charge in [0, 0.05) is 0 Å². The van der Waals surface area contributed by atoms with Gasteiger partial charge in [0.2, 0.25) is 11.6 Å². The summed E-state index contributed by atoms with van der Waals surface area (Å²) in [5, 5.41) is 0. The Morgan fingerprint density at radius 1 is 1.04 bits per heavy atom. The lowest BCUT2D eigenvalue weighted by Gasteiger charge is -2.37. The molecule has 0 bridgehead atoms. The van der Waals surface area contributed by atoms with Gasteiger partial charge in [-0.25, -0.2) is 0 Å². The van der Waals surface area contributed by atoms with Gasteiger partial charge in [-0.3, -0.25) is 0 Å². The summed E-state index contributed by atoms with van der Waals surface area (Å²) in [7, 11) is 1.32. The van der Waals surface area contributed by atoms with Crippen LogP contribution in [0.1, 0.15) is 51.4 Å². The minimum Gasteiger partial charge on any atom is -0.494 e. The second kappa shape index (κ2) is 10.2. The van der Waals surface area contributed by atoms with Crippen LogP contribution in [0.4, 0.5) is 8.78 Å². The highest BCUT2D eigenvalue weighted by atomic mass is 19.2. The van der Waals surface area contributed by atoms with Crippen LogP contribution in [0.25, 0.3) is 0 Å². The molecule has 1 aliphatic heterocycles. The van der Waals surface area contributed by atoms with Crippen molar-refractivity contribution in [2.75, 3.05) is 20.3 Å². The Hall–Kier alpha value is -1.62. The molecule has 5 heteroatoms. The van der Waals surface area contributed by atoms with E-state index >= 15 is 0 Å². The van der Waals surface area contributed by atoms with Crippen LogP contribution >= 0.6 is 0 Å². The molecule has 1 saturated heterocycles. The lowest BCUT2D eigenvalue weighted by Crippen LogP contribution is -2.33. The van der Waals surface area contributed by atoms with Crippen LogP contribution < -0.4 is 9.47 Å². The topological polar surface area (TPSA) is 27.7 Å². The smallest absolute Gasteiger partial charge is 0.204 e. The SMILES string of the molecule is C=CCCC1CCC(C2CCC(COc3ccc(OC)c(F)c3F)CC2)CO1. The van der Waals surface area contributed by atoms with Crippen molar-refractivity contribution in [1.82, 2.24) is 0 Å². The number of allylic oxidation sites excluding steroid dienone is 1. The highest BCUT2D eigenvalue weighted by molar-refractivity contribution is 5.34. The standard InChI is InChI=1S/C23H32F2O3/c1-3-4-5-19-11-10-18(15-27-19)17-8-6-16(7-9-17)14-28-21-13-12-20(26-2)22(24)23(21)25/h3,12-13,16-19H,1,4-11,14-15H2,2H3. The molecule has 2 unspecified atom stereocenters. The molecule has 3 nitrogen and oxygen atoms in total. The summed E-state index contributed by atoms with van der Waals surface area (Å²) in [6, 6.07) is 2.83. The van der Waals surface area contributed by atoms with Gasteiger partial charge >= 0.3 is 0 Å². The molecule has 0 N–H and O–H groups in total. The fourth-order valence-corrected chi connectivity index (χ4v) is 4.55. The first-order valence-electron chi connectivity index (χ1n) is 10.5. The Morgan fingerprint density at radius 2 is 1.71 bits per heavy atom. The summed E-state index contributed by atoms with van der Waals surface area (Å²) in [6.45, 7) is 5.09. The number of rotatable bonds is 8. The van der Waals surface area contributed by atoms with E-state index in [4.69, 9.17) is 14.2 Å². The molecular weight excluding hydrogens is 362 g/mol. The maximum absolute atomic E-state index is 14.0. The second-order valence-electron chi connectivity index (χ2n) is 8.14. The molecular formula is C23H32F2O3. The monoisotopic (exact) mass is 394 g/mol. The number of benzene rings is 1. The van der Waals surface area contributed by atoms with E-state index in [0.29, 0.717) is 30.5 Å². The zero-order valence-corrected chi connectivity index (χ0v) is 16.8. The predicted molar refractivity (Wildman–Crippen MR) is 106 cm³/mol. The van der Waals surface area contributed by atoms with Crippen LogP contribution in [0.3, 0.4) is 0 Å². The zero-order chi connectivity index (χ0) is 19.9. The van der Waals surface area contributed by atoms with Crippen LogP contribution in [0.2, 0.25) is 0 Å². The predicted octanol–water partition coefficient (Wildman–Crippen LogP) is 5.92. The molecule has 0 amide bonds. The van der Waals surface area contributed by atoms with Gasteiger partial charge in [-0.1, -0.05) is 6.08 Å². The third-order valence-electron chi connectivity index (χ3n) is 6.36. The van der Waals surface area contributed by atoms with Gasteiger partial charge in [-0.2, -0.15) is 8.78 Å². The van der Waals surface area contributed by atoms with Gasteiger partial charge < -0.3 is 14.2 Å². The van der Waals surface area contributed by atoms with E-state index in [9.17, 15) is 8.78 Å². The van der Waals surface area contributed by atoms with Gasteiger partial charge in [0.15, 0.2) is 11.5 Å². The summed E-state index contributed by atoms with van der Waals surface area (Å²) < 4.78 is 44.2. The van der Waals surface area contributed by atoms with E-state index in [1.807, 2.05) is 6.08 Å². The van der Waals surface area contributed by atoms with Gasteiger partial charge in [0.1, 0.15) is 0 Å². The van der Waals surface area contributed by atoms with Crippen molar-refractivity contribution in [2.45, 2.75) is 57.5 Å². The Labute approximate surface area is 167 Å². The summed E-state index contributed by atoms with van der Waals surface area (Å²) >= 11 is 0. The highest BCUT2D eigenvalue weighted by Crippen LogP contribution is 2.38. The minimum absolute atomic E-state index is 0.0355. The summed E-state index contributed by atoms with van der Waals surface area (Å²) in [5.74, 6) is -0.336. The van der Waals surface area contributed by atoms with Crippen molar-refractivity contribution in [1.29, 1.82) is 0 Å². The highest BCUT2D eigenvalue weighted by Gasteiger charge is 2.31. The number of hydrogen-bond acceptors (Lipinski definition) is 3. The number of hydrogen-bond donors (Lipinski definition) is 0. The molecule has 1 aromatic rings. The first-order valence-corrected chi connectivity index (χ1v) is 10.5. The molecule has 0 radical (unpaired) electrons. The van der Waals surface area contributed by atoms with E-state index < -0.39 is 11.6 Å². The molecule has 0 aromatic heterocycles. The molecule has 2 fully saturated rings. The van der Waals surface area contributed by atoms with Crippen molar-refractivity contribution >= 4 is 0 Å². The average molecular weight is 395 g/mol. The molecule has 1 saturated carbocycles. The number of ether oxygens (including phenoxy) is 3. The van der Waals surface area contributed by atoms with Gasteiger partial charge in [0.05, 0.1) is 26.4 Å². The number of methoxy groups -OCH3 is 1. The molecule has 1 aromatic carbocycles. The largest absolute Gasteiger partial charge is 0.494 e. The molecule has 2 atom stereocenters. The Bertz CT molecular complexity index is 633. The molecule has 3 rings (SSSR count). The maximum Gasteiger partial charge on any atom is 0.204 e. The normalized spacial score (nSPS) is 28.0. The fraction of sp³-hybridized carbons (Fsp3) is 0.652. The molecule has 28 heavy (non-hydrogen) atoms. The molecule has 0 spiro atoms. The van der Waals surface area contributed by atoms with E-state index in [1.165, 1.54) is 38.5 Å². The molecule has 2 aliphatic rings. The first kappa shape index (κ1) is 21.1. The van der Waals surface area contributed by atoms with E-state index in [2.05, 4.69) is 6.58 Å². The van der Waals surface area contributed by atoms with Crippen molar-refractivity contribution < 1.29 is 23.0 Å². The van der Waals surface area contributed by atoms with E-state index in [0.717, 1.165) is 38.7 Å². The van der Waals surface area contributed by atoms with Gasteiger partial charge in [0.25, 0.3) is 0 Å². The quantitative estimate of drug-likeness (QED) is 0.512. The van der Waals surface area contributed by atoms with Crippen molar-refractivity contribution in [3.8, 4) is 11.5 Å². The van der Waals surface area contributed by atoms with E-state index in [-0.39, 0.29) is 11.5 Å². The van der Waals surface area contributed by atoms with Crippen LogP contribution in [0.15, 0.2) is 24.8 Å². The second-order valence-corrected chi connectivity index (χ2v) is 8.14. The lowest BCUT2D eigenvalue weighted by atomic mass is 9.74. The first-order chi connectivity index (χ1) is 13.6. The zero-order valence-electron chi connectivity index (χ0n) is 16.8. The van der Waals surface area contributed by atoms with Gasteiger partial charge in [-0.05, 0) is 81.3 Å².